The van der Waals surface area contributed by atoms with Gasteiger partial charge in [0.1, 0.15) is 5.82 Å². The first-order valence-corrected chi connectivity index (χ1v) is 6.99. The second-order valence-electron chi connectivity index (χ2n) is 4.26. The number of aliphatic hydroxyl groups excluding tert-OH is 1. The largest absolute Gasteiger partial charge is 0.420 e. The Morgan fingerprint density at radius 2 is 1.95 bits per heavy atom. The van der Waals surface area contributed by atoms with E-state index in [1.165, 1.54) is 12.1 Å². The summed E-state index contributed by atoms with van der Waals surface area (Å²) >= 11 is 1.54. The molecule has 1 aromatic heterocycles. The lowest BCUT2D eigenvalue weighted by Gasteiger charge is -2.11. The summed E-state index contributed by atoms with van der Waals surface area (Å²) in [6.45, 7) is 3.68. The molecule has 2 atom stereocenters. The van der Waals surface area contributed by atoms with Crippen molar-refractivity contribution >= 4 is 11.8 Å². The fraction of sp³-hybridized carbons (Fsp3) is 0.385. The van der Waals surface area contributed by atoms with Gasteiger partial charge in [-0.05, 0) is 31.2 Å². The predicted molar refractivity (Wildman–Crippen MR) is 72.1 cm³/mol. The third-order valence-corrected chi connectivity index (χ3v) is 4.04. The molecular formula is C13H15FN2O2S. The fourth-order valence-corrected chi connectivity index (χ4v) is 2.16. The molecule has 102 valence electrons. The minimum atomic E-state index is -0.385. The van der Waals surface area contributed by atoms with E-state index < -0.39 is 0 Å². The molecule has 0 amide bonds. The first-order chi connectivity index (χ1) is 9.06. The molecule has 0 fully saturated rings. The molecule has 6 heteroatoms. The standard InChI is InChI=1S/C13H15FN2O2S/c1-8(17)9(2)19-7-12-15-16-13(18-12)10-3-5-11(14)6-4-10/h3-6,8-9,17H,7H2,1-2H3. The Hall–Kier alpha value is -1.40. The van der Waals surface area contributed by atoms with Crippen molar-refractivity contribution < 1.29 is 13.9 Å². The Labute approximate surface area is 115 Å². The first kappa shape index (κ1) is 14.0. The van der Waals surface area contributed by atoms with Crippen molar-refractivity contribution in [1.29, 1.82) is 0 Å². The van der Waals surface area contributed by atoms with Gasteiger partial charge in [-0.1, -0.05) is 6.92 Å². The average Bonchev–Trinajstić information content (AvgIpc) is 2.85. The van der Waals surface area contributed by atoms with E-state index in [9.17, 15) is 9.50 Å². The summed E-state index contributed by atoms with van der Waals surface area (Å²) in [7, 11) is 0. The van der Waals surface area contributed by atoms with Crippen molar-refractivity contribution in [2.75, 3.05) is 0 Å². The number of benzene rings is 1. The minimum Gasteiger partial charge on any atom is -0.420 e. The van der Waals surface area contributed by atoms with Gasteiger partial charge in [0, 0.05) is 10.8 Å². The lowest BCUT2D eigenvalue weighted by atomic mass is 10.2. The molecule has 0 aliphatic rings. The highest BCUT2D eigenvalue weighted by molar-refractivity contribution is 7.99. The molecule has 2 unspecified atom stereocenters. The van der Waals surface area contributed by atoms with Gasteiger partial charge < -0.3 is 9.52 Å². The maximum absolute atomic E-state index is 12.8. The minimum absolute atomic E-state index is 0.0983. The summed E-state index contributed by atoms with van der Waals surface area (Å²) in [6, 6.07) is 5.89. The third kappa shape index (κ3) is 3.78. The van der Waals surface area contributed by atoms with Crippen LogP contribution in [0.5, 0.6) is 0 Å². The molecule has 0 spiro atoms. The monoisotopic (exact) mass is 282 g/mol. The van der Waals surface area contributed by atoms with Crippen LogP contribution in [-0.4, -0.2) is 26.7 Å². The molecular weight excluding hydrogens is 267 g/mol. The second kappa shape index (κ2) is 6.16. The SMILES string of the molecule is CC(O)C(C)SCc1nnc(-c2ccc(F)cc2)o1. The predicted octanol–water partition coefficient (Wildman–Crippen LogP) is 2.88. The number of hydrogen-bond acceptors (Lipinski definition) is 5. The molecule has 0 aliphatic carbocycles. The van der Waals surface area contributed by atoms with Crippen molar-refractivity contribution in [1.82, 2.24) is 10.2 Å². The normalized spacial score (nSPS) is 14.3. The summed E-state index contributed by atoms with van der Waals surface area (Å²) in [6.07, 6.45) is -0.385. The summed E-state index contributed by atoms with van der Waals surface area (Å²) in [5.41, 5.74) is 0.689. The highest BCUT2D eigenvalue weighted by atomic mass is 32.2. The molecule has 0 bridgehead atoms. The third-order valence-electron chi connectivity index (χ3n) is 2.71. The van der Waals surface area contributed by atoms with Crippen LogP contribution in [-0.2, 0) is 5.75 Å². The first-order valence-electron chi connectivity index (χ1n) is 5.94. The topological polar surface area (TPSA) is 59.2 Å². The van der Waals surface area contributed by atoms with Crippen LogP contribution >= 0.6 is 11.8 Å². The molecule has 0 radical (unpaired) electrons. The molecule has 2 aromatic rings. The van der Waals surface area contributed by atoms with E-state index in [1.54, 1.807) is 30.8 Å². The molecule has 19 heavy (non-hydrogen) atoms. The number of rotatable bonds is 5. The van der Waals surface area contributed by atoms with Gasteiger partial charge in [0.25, 0.3) is 0 Å². The maximum Gasteiger partial charge on any atom is 0.247 e. The van der Waals surface area contributed by atoms with Crippen molar-refractivity contribution in [2.45, 2.75) is 31.0 Å². The lowest BCUT2D eigenvalue weighted by Crippen LogP contribution is -2.15. The fourth-order valence-electron chi connectivity index (χ4n) is 1.36. The van der Waals surface area contributed by atoms with Gasteiger partial charge in [-0.25, -0.2) is 4.39 Å². The summed E-state index contributed by atoms with van der Waals surface area (Å²) in [5, 5.41) is 17.3. The zero-order valence-corrected chi connectivity index (χ0v) is 11.5. The molecule has 0 saturated heterocycles. The highest BCUT2D eigenvalue weighted by Gasteiger charge is 2.13. The highest BCUT2D eigenvalue weighted by Crippen LogP contribution is 2.23. The lowest BCUT2D eigenvalue weighted by molar-refractivity contribution is 0.196. The Morgan fingerprint density at radius 3 is 2.58 bits per heavy atom. The van der Waals surface area contributed by atoms with Crippen molar-refractivity contribution in [3.8, 4) is 11.5 Å². The molecule has 0 saturated carbocycles. The van der Waals surface area contributed by atoms with Gasteiger partial charge in [-0.3, -0.25) is 0 Å². The number of halogens is 1. The summed E-state index contributed by atoms with van der Waals surface area (Å²) in [5.74, 6) is 1.11. The zero-order valence-electron chi connectivity index (χ0n) is 10.7. The van der Waals surface area contributed by atoms with E-state index in [0.717, 1.165) is 0 Å². The molecule has 1 aromatic carbocycles. The Bertz CT molecular complexity index is 528. The van der Waals surface area contributed by atoms with Crippen molar-refractivity contribution in [2.24, 2.45) is 0 Å². The van der Waals surface area contributed by atoms with E-state index >= 15 is 0 Å². The van der Waals surface area contributed by atoms with Crippen LogP contribution in [0.1, 0.15) is 19.7 Å². The number of hydrogen-bond donors (Lipinski definition) is 1. The van der Waals surface area contributed by atoms with Crippen LogP contribution in [0.15, 0.2) is 28.7 Å². The Morgan fingerprint density at radius 1 is 1.26 bits per heavy atom. The van der Waals surface area contributed by atoms with Gasteiger partial charge in [-0.15, -0.1) is 22.0 Å². The van der Waals surface area contributed by atoms with E-state index in [1.807, 2.05) is 6.92 Å². The van der Waals surface area contributed by atoms with E-state index in [0.29, 0.717) is 23.1 Å². The van der Waals surface area contributed by atoms with Crippen molar-refractivity contribution in [3.63, 3.8) is 0 Å². The van der Waals surface area contributed by atoms with Crippen LogP contribution in [0.25, 0.3) is 11.5 Å². The smallest absolute Gasteiger partial charge is 0.247 e. The van der Waals surface area contributed by atoms with Crippen molar-refractivity contribution in [3.05, 3.63) is 36.0 Å². The maximum atomic E-state index is 12.8. The Kier molecular flexibility index (Phi) is 4.55. The van der Waals surface area contributed by atoms with Crippen LogP contribution in [0.3, 0.4) is 0 Å². The van der Waals surface area contributed by atoms with Gasteiger partial charge in [0.2, 0.25) is 11.8 Å². The molecule has 4 nitrogen and oxygen atoms in total. The van der Waals surface area contributed by atoms with Gasteiger partial charge in [-0.2, -0.15) is 0 Å². The molecule has 1 N–H and O–H groups in total. The van der Waals surface area contributed by atoms with Crippen LogP contribution in [0.2, 0.25) is 0 Å². The van der Waals surface area contributed by atoms with Gasteiger partial charge >= 0.3 is 0 Å². The number of aliphatic hydroxyl groups is 1. The van der Waals surface area contributed by atoms with E-state index in [-0.39, 0.29) is 17.2 Å². The summed E-state index contributed by atoms with van der Waals surface area (Å²) < 4.78 is 18.3. The molecule has 1 heterocycles. The molecule has 0 aliphatic heterocycles. The Balaban J connectivity index is 2.01. The van der Waals surface area contributed by atoms with E-state index in [4.69, 9.17) is 4.42 Å². The molecule has 2 rings (SSSR count). The average molecular weight is 282 g/mol. The quantitative estimate of drug-likeness (QED) is 0.913. The van der Waals surface area contributed by atoms with Gasteiger partial charge in [0.15, 0.2) is 0 Å². The van der Waals surface area contributed by atoms with Crippen LogP contribution < -0.4 is 0 Å². The van der Waals surface area contributed by atoms with Gasteiger partial charge in [0.05, 0.1) is 11.9 Å². The number of aromatic nitrogens is 2. The van der Waals surface area contributed by atoms with Crippen LogP contribution in [0.4, 0.5) is 4.39 Å². The second-order valence-corrected chi connectivity index (χ2v) is 5.63. The van der Waals surface area contributed by atoms with E-state index in [2.05, 4.69) is 10.2 Å². The number of nitrogens with zero attached hydrogens (tertiary/aromatic N) is 2. The zero-order chi connectivity index (χ0) is 13.8. The van der Waals surface area contributed by atoms with Crippen LogP contribution in [0, 0.1) is 5.82 Å². The summed E-state index contributed by atoms with van der Waals surface area (Å²) in [4.78, 5) is 0. The number of thioether (sulfide) groups is 1.